The smallest absolute Gasteiger partial charge is 0.0168 e. The fraction of sp³-hybridized carbons (Fsp3) is 1.00. The number of likely N-dealkylation sites (tertiary alicyclic amines) is 1. The third kappa shape index (κ3) is 3.52. The number of nitrogens with two attached hydrogens (primary N) is 1. The molecule has 0 aromatic carbocycles. The van der Waals surface area contributed by atoms with E-state index in [1.54, 1.807) is 0 Å². The van der Waals surface area contributed by atoms with Gasteiger partial charge in [0.15, 0.2) is 0 Å². The van der Waals surface area contributed by atoms with Gasteiger partial charge in [-0.15, -0.1) is 0 Å². The fourth-order valence-electron chi connectivity index (χ4n) is 1.64. The molecule has 0 aromatic rings. The van der Waals surface area contributed by atoms with Gasteiger partial charge in [0.05, 0.1) is 0 Å². The van der Waals surface area contributed by atoms with Crippen molar-refractivity contribution in [3.8, 4) is 0 Å². The fourth-order valence-corrected chi connectivity index (χ4v) is 1.64. The Balaban J connectivity index is 2.14. The van der Waals surface area contributed by atoms with Crippen LogP contribution in [0.4, 0.5) is 0 Å². The van der Waals surface area contributed by atoms with Crippen LogP contribution < -0.4 is 5.73 Å². The van der Waals surface area contributed by atoms with Gasteiger partial charge in [-0.3, -0.25) is 0 Å². The molecule has 0 bridgehead atoms. The zero-order chi connectivity index (χ0) is 8.97. The Hall–Kier alpha value is -0.120. The highest BCUT2D eigenvalue weighted by atomic mass is 15.2. The molecule has 3 nitrogen and oxygen atoms in total. The Morgan fingerprint density at radius 2 is 2.25 bits per heavy atom. The second-order valence-electron chi connectivity index (χ2n) is 4.01. The zero-order valence-corrected chi connectivity index (χ0v) is 8.29. The minimum absolute atomic E-state index is 0.418. The van der Waals surface area contributed by atoms with Gasteiger partial charge in [0.2, 0.25) is 0 Å². The molecule has 1 aliphatic heterocycles. The lowest BCUT2D eigenvalue weighted by Crippen LogP contribution is -2.44. The van der Waals surface area contributed by atoms with E-state index in [4.69, 9.17) is 5.73 Å². The molecule has 72 valence electrons. The average molecular weight is 171 g/mol. The van der Waals surface area contributed by atoms with Crippen molar-refractivity contribution in [3.63, 3.8) is 0 Å². The van der Waals surface area contributed by atoms with Crippen LogP contribution in [0.5, 0.6) is 0 Å². The maximum atomic E-state index is 5.88. The minimum atomic E-state index is 0.418. The molecule has 0 saturated carbocycles. The van der Waals surface area contributed by atoms with Crippen LogP contribution >= 0.6 is 0 Å². The third-order valence-electron chi connectivity index (χ3n) is 2.41. The molecule has 1 rings (SSSR count). The van der Waals surface area contributed by atoms with Gasteiger partial charge in [0.25, 0.3) is 0 Å². The summed E-state index contributed by atoms with van der Waals surface area (Å²) in [5, 5.41) is 0. The summed E-state index contributed by atoms with van der Waals surface area (Å²) in [6, 6.07) is 0.418. The van der Waals surface area contributed by atoms with E-state index in [1.807, 2.05) is 0 Å². The summed E-state index contributed by atoms with van der Waals surface area (Å²) >= 11 is 0. The lowest BCUT2D eigenvalue weighted by molar-refractivity contribution is 0.191. The van der Waals surface area contributed by atoms with Crippen LogP contribution in [-0.4, -0.2) is 56.1 Å². The highest BCUT2D eigenvalue weighted by Gasteiger charge is 2.15. The molecule has 1 heterocycles. The van der Waals surface area contributed by atoms with Crippen molar-refractivity contribution >= 4 is 0 Å². The Kier molecular flexibility index (Phi) is 3.98. The number of nitrogens with zero attached hydrogens (tertiary/aromatic N) is 2. The molecule has 0 spiro atoms. The van der Waals surface area contributed by atoms with E-state index in [9.17, 15) is 0 Å². The SMILES string of the molecule is CN(C)CCN1CCCC(N)C1. The lowest BCUT2D eigenvalue weighted by Gasteiger charge is -2.31. The van der Waals surface area contributed by atoms with E-state index in [-0.39, 0.29) is 0 Å². The first-order valence-electron chi connectivity index (χ1n) is 4.81. The van der Waals surface area contributed by atoms with Gasteiger partial charge in [0.1, 0.15) is 0 Å². The Labute approximate surface area is 75.5 Å². The van der Waals surface area contributed by atoms with Crippen LogP contribution in [0.3, 0.4) is 0 Å². The summed E-state index contributed by atoms with van der Waals surface area (Å²) < 4.78 is 0. The largest absolute Gasteiger partial charge is 0.327 e. The molecule has 0 aromatic heterocycles. The standard InChI is InChI=1S/C9H21N3/c1-11(2)6-7-12-5-3-4-9(10)8-12/h9H,3-8,10H2,1-2H3. The molecule has 2 N–H and O–H groups in total. The van der Waals surface area contributed by atoms with Crippen molar-refractivity contribution in [2.45, 2.75) is 18.9 Å². The Bertz CT molecular complexity index is 125. The van der Waals surface area contributed by atoms with E-state index >= 15 is 0 Å². The molecular weight excluding hydrogens is 150 g/mol. The van der Waals surface area contributed by atoms with Crippen LogP contribution in [0.15, 0.2) is 0 Å². The molecule has 0 amide bonds. The number of rotatable bonds is 3. The van der Waals surface area contributed by atoms with E-state index in [2.05, 4.69) is 23.9 Å². The van der Waals surface area contributed by atoms with Gasteiger partial charge in [-0.1, -0.05) is 0 Å². The van der Waals surface area contributed by atoms with Gasteiger partial charge in [0, 0.05) is 25.7 Å². The summed E-state index contributed by atoms with van der Waals surface area (Å²) in [5.74, 6) is 0. The second kappa shape index (κ2) is 4.80. The molecule has 12 heavy (non-hydrogen) atoms. The summed E-state index contributed by atoms with van der Waals surface area (Å²) in [4.78, 5) is 4.69. The van der Waals surface area contributed by atoms with Crippen LogP contribution in [0.1, 0.15) is 12.8 Å². The Morgan fingerprint density at radius 1 is 1.50 bits per heavy atom. The molecule has 1 aliphatic rings. The van der Waals surface area contributed by atoms with Crippen molar-refractivity contribution in [2.24, 2.45) is 5.73 Å². The number of hydrogen-bond acceptors (Lipinski definition) is 3. The molecule has 0 radical (unpaired) electrons. The van der Waals surface area contributed by atoms with E-state index in [0.717, 1.165) is 13.1 Å². The summed E-state index contributed by atoms with van der Waals surface area (Å²) in [5.41, 5.74) is 5.88. The maximum absolute atomic E-state index is 5.88. The highest BCUT2D eigenvalue weighted by Crippen LogP contribution is 2.07. The van der Waals surface area contributed by atoms with E-state index in [1.165, 1.54) is 25.9 Å². The third-order valence-corrected chi connectivity index (χ3v) is 2.41. The summed E-state index contributed by atoms with van der Waals surface area (Å²) in [6.45, 7) is 4.64. The van der Waals surface area contributed by atoms with Crippen LogP contribution in [-0.2, 0) is 0 Å². The molecular formula is C9H21N3. The first-order valence-corrected chi connectivity index (χ1v) is 4.81. The lowest BCUT2D eigenvalue weighted by atomic mass is 10.1. The average Bonchev–Trinajstić information content (AvgIpc) is 2.01. The van der Waals surface area contributed by atoms with Crippen molar-refractivity contribution in [1.29, 1.82) is 0 Å². The van der Waals surface area contributed by atoms with Gasteiger partial charge in [-0.2, -0.15) is 0 Å². The molecule has 1 saturated heterocycles. The van der Waals surface area contributed by atoms with Gasteiger partial charge < -0.3 is 15.5 Å². The van der Waals surface area contributed by atoms with Gasteiger partial charge in [-0.05, 0) is 33.5 Å². The monoisotopic (exact) mass is 171 g/mol. The van der Waals surface area contributed by atoms with E-state index < -0.39 is 0 Å². The Morgan fingerprint density at radius 3 is 2.83 bits per heavy atom. The highest BCUT2D eigenvalue weighted by molar-refractivity contribution is 4.75. The van der Waals surface area contributed by atoms with Crippen molar-refractivity contribution < 1.29 is 0 Å². The normalized spacial score (nSPS) is 26.5. The predicted molar refractivity (Wildman–Crippen MR) is 52.2 cm³/mol. The van der Waals surface area contributed by atoms with Crippen molar-refractivity contribution in [3.05, 3.63) is 0 Å². The first-order chi connectivity index (χ1) is 5.68. The van der Waals surface area contributed by atoms with Gasteiger partial charge >= 0.3 is 0 Å². The summed E-state index contributed by atoms with van der Waals surface area (Å²) in [6.07, 6.45) is 2.48. The predicted octanol–water partition coefficient (Wildman–Crippen LogP) is -0.0289. The molecule has 1 fully saturated rings. The maximum Gasteiger partial charge on any atom is 0.0168 e. The summed E-state index contributed by atoms with van der Waals surface area (Å²) in [7, 11) is 4.23. The zero-order valence-electron chi connectivity index (χ0n) is 8.29. The van der Waals surface area contributed by atoms with Crippen LogP contribution in [0.25, 0.3) is 0 Å². The topological polar surface area (TPSA) is 32.5 Å². The number of likely N-dealkylation sites (N-methyl/N-ethyl adjacent to an activating group) is 1. The van der Waals surface area contributed by atoms with Crippen LogP contribution in [0, 0.1) is 0 Å². The molecule has 1 unspecified atom stereocenters. The van der Waals surface area contributed by atoms with Crippen molar-refractivity contribution in [1.82, 2.24) is 9.80 Å². The first kappa shape index (κ1) is 9.96. The van der Waals surface area contributed by atoms with Crippen LogP contribution in [0.2, 0.25) is 0 Å². The van der Waals surface area contributed by atoms with E-state index in [0.29, 0.717) is 6.04 Å². The molecule has 0 aliphatic carbocycles. The number of piperidine rings is 1. The molecule has 3 heteroatoms. The second-order valence-corrected chi connectivity index (χ2v) is 4.01. The molecule has 1 atom stereocenters. The quantitative estimate of drug-likeness (QED) is 0.647. The number of hydrogen-bond donors (Lipinski definition) is 1. The van der Waals surface area contributed by atoms with Crippen molar-refractivity contribution in [2.75, 3.05) is 40.3 Å². The van der Waals surface area contributed by atoms with Gasteiger partial charge in [-0.25, -0.2) is 0 Å². The minimum Gasteiger partial charge on any atom is -0.327 e.